The maximum Gasteiger partial charge on any atom is 0.0788 e. The monoisotopic (exact) mass is 636 g/mol. The lowest BCUT2D eigenvalue weighted by Crippen LogP contribution is -1.99. The van der Waals surface area contributed by atoms with Crippen molar-refractivity contribution >= 4 is 43.6 Å². The van der Waals surface area contributed by atoms with Crippen LogP contribution >= 0.6 is 0 Å². The lowest BCUT2D eigenvalue weighted by molar-refractivity contribution is 1.15. The van der Waals surface area contributed by atoms with Crippen LogP contribution in [-0.2, 0) is 0 Å². The molecule has 0 aliphatic carbocycles. The fraction of sp³-hybridized carbons (Fsp3) is 0. The van der Waals surface area contributed by atoms with Gasteiger partial charge in [0.15, 0.2) is 0 Å². The van der Waals surface area contributed by atoms with Crippen molar-refractivity contribution in [2.45, 2.75) is 0 Å². The van der Waals surface area contributed by atoms with Gasteiger partial charge in [-0.05, 0) is 69.8 Å². The van der Waals surface area contributed by atoms with Crippen LogP contribution in [0.3, 0.4) is 0 Å². The van der Waals surface area contributed by atoms with Crippen LogP contribution in [-0.4, -0.2) is 9.13 Å². The Morgan fingerprint density at radius 1 is 0.240 bits per heavy atom. The molecular formula is C48H32N2. The predicted molar refractivity (Wildman–Crippen MR) is 211 cm³/mol. The molecule has 0 fully saturated rings. The van der Waals surface area contributed by atoms with Crippen LogP contribution in [0.2, 0.25) is 0 Å². The first-order valence-corrected chi connectivity index (χ1v) is 17.2. The fourth-order valence-corrected chi connectivity index (χ4v) is 7.80. The molecule has 0 amide bonds. The van der Waals surface area contributed by atoms with Crippen LogP contribution in [0.15, 0.2) is 194 Å². The van der Waals surface area contributed by atoms with Gasteiger partial charge in [0, 0.05) is 32.9 Å². The maximum atomic E-state index is 2.48. The molecule has 234 valence electrons. The molecule has 50 heavy (non-hydrogen) atoms. The third-order valence-electron chi connectivity index (χ3n) is 10.1. The van der Waals surface area contributed by atoms with Gasteiger partial charge in [0.1, 0.15) is 0 Å². The van der Waals surface area contributed by atoms with Gasteiger partial charge in [0.2, 0.25) is 0 Å². The van der Waals surface area contributed by atoms with Gasteiger partial charge in [-0.2, -0.15) is 0 Å². The van der Waals surface area contributed by atoms with E-state index in [1.165, 1.54) is 77.0 Å². The van der Waals surface area contributed by atoms with Crippen molar-refractivity contribution in [2.24, 2.45) is 0 Å². The summed E-state index contributed by atoms with van der Waals surface area (Å²) in [4.78, 5) is 0. The Bertz CT molecular complexity index is 2840. The lowest BCUT2D eigenvalue weighted by Gasteiger charge is -2.14. The molecule has 2 nitrogen and oxygen atoms in total. The van der Waals surface area contributed by atoms with Crippen LogP contribution in [0.4, 0.5) is 0 Å². The van der Waals surface area contributed by atoms with E-state index in [0.29, 0.717) is 0 Å². The summed E-state index contributed by atoms with van der Waals surface area (Å²) in [6, 6.07) is 70.4. The standard InChI is InChI=1S/C48H32N2/c1-3-13-33(14-4-1)35-25-27-36(28-26-35)38-18-12-20-40(32-38)50-46-24-10-8-22-42(46)44-30-29-43-41-21-7-9-23-45(41)49(47(43)48(44)50)39-19-11-17-37(31-39)34-15-5-2-6-16-34/h1-32H. The molecule has 10 aromatic rings. The molecule has 0 N–H and O–H groups in total. The molecule has 2 heteroatoms. The van der Waals surface area contributed by atoms with Crippen LogP contribution in [0.25, 0.3) is 88.4 Å². The number of benzene rings is 8. The Hall–Kier alpha value is -6.64. The molecule has 0 atom stereocenters. The van der Waals surface area contributed by atoms with E-state index in [1.807, 2.05) is 0 Å². The van der Waals surface area contributed by atoms with Crippen molar-refractivity contribution in [3.8, 4) is 44.8 Å². The van der Waals surface area contributed by atoms with Gasteiger partial charge in [-0.1, -0.05) is 158 Å². The third-order valence-corrected chi connectivity index (χ3v) is 10.1. The summed E-state index contributed by atoms with van der Waals surface area (Å²) in [7, 11) is 0. The Kier molecular flexibility index (Phi) is 6.53. The van der Waals surface area contributed by atoms with E-state index in [0.717, 1.165) is 11.4 Å². The van der Waals surface area contributed by atoms with E-state index < -0.39 is 0 Å². The van der Waals surface area contributed by atoms with Gasteiger partial charge in [0.25, 0.3) is 0 Å². The first-order chi connectivity index (χ1) is 24.8. The minimum absolute atomic E-state index is 1.14. The summed E-state index contributed by atoms with van der Waals surface area (Å²) in [5.41, 5.74) is 14.4. The summed E-state index contributed by atoms with van der Waals surface area (Å²) in [5.74, 6) is 0. The number of rotatable bonds is 5. The summed E-state index contributed by atoms with van der Waals surface area (Å²) >= 11 is 0. The molecule has 0 bridgehead atoms. The van der Waals surface area contributed by atoms with E-state index in [-0.39, 0.29) is 0 Å². The zero-order valence-electron chi connectivity index (χ0n) is 27.4. The summed E-state index contributed by atoms with van der Waals surface area (Å²) in [6.07, 6.45) is 0. The van der Waals surface area contributed by atoms with Gasteiger partial charge in [-0.3, -0.25) is 0 Å². The minimum atomic E-state index is 1.14. The van der Waals surface area contributed by atoms with E-state index in [4.69, 9.17) is 0 Å². The highest BCUT2D eigenvalue weighted by atomic mass is 15.0. The molecule has 10 rings (SSSR count). The number of aromatic nitrogens is 2. The van der Waals surface area contributed by atoms with Gasteiger partial charge >= 0.3 is 0 Å². The summed E-state index contributed by atoms with van der Waals surface area (Å²) in [6.45, 7) is 0. The van der Waals surface area contributed by atoms with Crippen LogP contribution in [0.1, 0.15) is 0 Å². The fourth-order valence-electron chi connectivity index (χ4n) is 7.80. The van der Waals surface area contributed by atoms with Crippen molar-refractivity contribution in [3.63, 3.8) is 0 Å². The second-order valence-corrected chi connectivity index (χ2v) is 13.0. The van der Waals surface area contributed by atoms with Crippen molar-refractivity contribution < 1.29 is 0 Å². The van der Waals surface area contributed by atoms with Gasteiger partial charge in [0.05, 0.1) is 22.1 Å². The number of hydrogen-bond acceptors (Lipinski definition) is 0. The average molecular weight is 637 g/mol. The minimum Gasteiger partial charge on any atom is -0.307 e. The van der Waals surface area contributed by atoms with E-state index in [9.17, 15) is 0 Å². The van der Waals surface area contributed by atoms with Gasteiger partial charge in [-0.25, -0.2) is 0 Å². The second kappa shape index (κ2) is 11.5. The van der Waals surface area contributed by atoms with Crippen molar-refractivity contribution in [2.75, 3.05) is 0 Å². The highest BCUT2D eigenvalue weighted by Crippen LogP contribution is 2.42. The van der Waals surface area contributed by atoms with Crippen LogP contribution in [0.5, 0.6) is 0 Å². The lowest BCUT2D eigenvalue weighted by atomic mass is 10.00. The topological polar surface area (TPSA) is 9.86 Å². The molecule has 0 aliphatic rings. The normalized spacial score (nSPS) is 11.6. The third kappa shape index (κ3) is 4.50. The molecule has 2 aromatic heterocycles. The Labute approximate surface area is 290 Å². The number of nitrogens with zero attached hydrogens (tertiary/aromatic N) is 2. The molecule has 0 saturated heterocycles. The summed E-state index contributed by atoms with van der Waals surface area (Å²) < 4.78 is 4.95. The molecule has 2 heterocycles. The van der Waals surface area contributed by atoms with E-state index in [1.54, 1.807) is 0 Å². The second-order valence-electron chi connectivity index (χ2n) is 13.0. The number of fused-ring (bicyclic) bond motifs is 7. The smallest absolute Gasteiger partial charge is 0.0788 e. The zero-order valence-corrected chi connectivity index (χ0v) is 27.4. The highest BCUT2D eigenvalue weighted by molar-refractivity contribution is 6.23. The molecule has 0 saturated carbocycles. The van der Waals surface area contributed by atoms with E-state index >= 15 is 0 Å². The van der Waals surface area contributed by atoms with Crippen molar-refractivity contribution in [1.29, 1.82) is 0 Å². The Morgan fingerprint density at radius 3 is 1.08 bits per heavy atom. The predicted octanol–water partition coefficient (Wildman–Crippen LogP) is 12.9. The maximum absolute atomic E-state index is 2.48. The number of hydrogen-bond donors (Lipinski definition) is 0. The SMILES string of the molecule is c1ccc(-c2ccc(-c3cccc(-n4c5ccccc5c5ccc6c7ccccc7n(-c7cccc(-c8ccccc8)c7)c6c54)c3)cc2)cc1. The molecular weight excluding hydrogens is 605 g/mol. The molecule has 0 spiro atoms. The number of para-hydroxylation sites is 2. The van der Waals surface area contributed by atoms with E-state index in [2.05, 4.69) is 203 Å². The summed E-state index contributed by atoms with van der Waals surface area (Å²) in [5, 5.41) is 4.99. The molecule has 0 unspecified atom stereocenters. The van der Waals surface area contributed by atoms with Crippen LogP contribution in [0, 0.1) is 0 Å². The largest absolute Gasteiger partial charge is 0.307 e. The zero-order chi connectivity index (χ0) is 33.0. The highest BCUT2D eigenvalue weighted by Gasteiger charge is 2.21. The first-order valence-electron chi connectivity index (χ1n) is 17.2. The van der Waals surface area contributed by atoms with Crippen molar-refractivity contribution in [3.05, 3.63) is 194 Å². The first kappa shape index (κ1) is 28.4. The van der Waals surface area contributed by atoms with Crippen molar-refractivity contribution in [1.82, 2.24) is 9.13 Å². The quantitative estimate of drug-likeness (QED) is 0.178. The molecule has 8 aromatic carbocycles. The van der Waals surface area contributed by atoms with Gasteiger partial charge < -0.3 is 9.13 Å². The molecule has 0 aliphatic heterocycles. The Balaban J connectivity index is 1.24. The Morgan fingerprint density at radius 2 is 0.600 bits per heavy atom. The van der Waals surface area contributed by atoms with Crippen LogP contribution < -0.4 is 0 Å². The molecule has 0 radical (unpaired) electrons. The average Bonchev–Trinajstić information content (AvgIpc) is 3.72. The van der Waals surface area contributed by atoms with Gasteiger partial charge in [-0.15, -0.1) is 0 Å².